The first-order chi connectivity index (χ1) is 7.45. The molecule has 2 heteroatoms. The van der Waals surface area contributed by atoms with Gasteiger partial charge in [-0.1, -0.05) is 31.5 Å². The lowest BCUT2D eigenvalue weighted by Crippen LogP contribution is -2.51. The highest BCUT2D eigenvalue weighted by molar-refractivity contribution is 8.00. The fourth-order valence-corrected chi connectivity index (χ4v) is 4.59. The zero-order chi connectivity index (χ0) is 11.8. The van der Waals surface area contributed by atoms with Gasteiger partial charge in [-0.05, 0) is 37.3 Å². The van der Waals surface area contributed by atoms with Crippen molar-refractivity contribution in [2.24, 2.45) is 11.1 Å². The van der Waals surface area contributed by atoms with E-state index in [9.17, 15) is 0 Å². The molecule has 0 spiro atoms. The van der Waals surface area contributed by atoms with Crippen LogP contribution in [0.15, 0.2) is 29.2 Å². The summed E-state index contributed by atoms with van der Waals surface area (Å²) in [7, 11) is 0. The number of rotatable bonds is 3. The summed E-state index contributed by atoms with van der Waals surface area (Å²) in [6.07, 6.45) is 2.46. The number of nitrogens with two attached hydrogens (primary N) is 1. The molecule has 0 unspecified atom stereocenters. The molecule has 1 fully saturated rings. The van der Waals surface area contributed by atoms with Crippen LogP contribution in [0, 0.1) is 12.3 Å². The van der Waals surface area contributed by atoms with Crippen molar-refractivity contribution in [2.45, 2.75) is 43.3 Å². The Kier molecular flexibility index (Phi) is 3.06. The third kappa shape index (κ3) is 2.44. The van der Waals surface area contributed by atoms with Crippen LogP contribution in [0.3, 0.4) is 0 Å². The highest BCUT2D eigenvalue weighted by Gasteiger charge is 2.48. The minimum atomic E-state index is 0.290. The van der Waals surface area contributed by atoms with Crippen molar-refractivity contribution in [1.29, 1.82) is 0 Å². The average Bonchev–Trinajstić information content (AvgIpc) is 2.18. The molecule has 2 rings (SSSR count). The Hall–Kier alpha value is -0.470. The van der Waals surface area contributed by atoms with Crippen LogP contribution in [0.25, 0.3) is 0 Å². The van der Waals surface area contributed by atoms with Gasteiger partial charge in [0, 0.05) is 16.2 Å². The van der Waals surface area contributed by atoms with E-state index in [1.165, 1.54) is 23.3 Å². The second-order valence-electron chi connectivity index (χ2n) is 5.82. The number of thioether (sulfide) groups is 1. The summed E-state index contributed by atoms with van der Waals surface area (Å²) in [5, 5.41) is 0. The molecule has 2 N–H and O–H groups in total. The van der Waals surface area contributed by atoms with Crippen molar-refractivity contribution in [2.75, 3.05) is 6.54 Å². The van der Waals surface area contributed by atoms with Crippen molar-refractivity contribution in [3.05, 3.63) is 29.8 Å². The van der Waals surface area contributed by atoms with Crippen molar-refractivity contribution in [1.82, 2.24) is 0 Å². The zero-order valence-electron chi connectivity index (χ0n) is 10.4. The lowest BCUT2D eigenvalue weighted by atomic mass is 9.64. The van der Waals surface area contributed by atoms with Crippen molar-refractivity contribution < 1.29 is 0 Å². The van der Waals surface area contributed by atoms with E-state index in [2.05, 4.69) is 45.0 Å². The highest BCUT2D eigenvalue weighted by atomic mass is 32.2. The van der Waals surface area contributed by atoms with Crippen LogP contribution in [0.2, 0.25) is 0 Å². The van der Waals surface area contributed by atoms with Gasteiger partial charge in [-0.2, -0.15) is 0 Å². The average molecular weight is 235 g/mol. The summed E-state index contributed by atoms with van der Waals surface area (Å²) >= 11 is 1.96. The molecular formula is C14H21NS. The normalized spacial score (nSPS) is 21.5. The van der Waals surface area contributed by atoms with Crippen molar-refractivity contribution in [3.8, 4) is 0 Å². The second kappa shape index (κ2) is 4.08. The summed E-state index contributed by atoms with van der Waals surface area (Å²) in [6, 6.07) is 8.78. The third-order valence-corrected chi connectivity index (χ3v) is 4.73. The Morgan fingerprint density at radius 1 is 1.19 bits per heavy atom. The molecule has 0 amide bonds. The van der Waals surface area contributed by atoms with Crippen molar-refractivity contribution >= 4 is 11.8 Å². The first kappa shape index (κ1) is 12.0. The molecule has 0 bridgehead atoms. The third-order valence-electron chi connectivity index (χ3n) is 3.33. The van der Waals surface area contributed by atoms with Gasteiger partial charge in [-0.25, -0.2) is 0 Å². The Morgan fingerprint density at radius 2 is 1.75 bits per heavy atom. The molecule has 1 saturated carbocycles. The fourth-order valence-electron chi connectivity index (χ4n) is 2.81. The second-order valence-corrected chi connectivity index (χ2v) is 7.36. The predicted molar refractivity (Wildman–Crippen MR) is 71.8 cm³/mol. The lowest BCUT2D eigenvalue weighted by Gasteiger charge is -2.52. The van der Waals surface area contributed by atoms with E-state index in [-0.39, 0.29) is 0 Å². The van der Waals surface area contributed by atoms with Gasteiger partial charge in [0.1, 0.15) is 0 Å². The van der Waals surface area contributed by atoms with Gasteiger partial charge in [0.2, 0.25) is 0 Å². The predicted octanol–water partition coefficient (Wildman–Crippen LogP) is 3.60. The molecule has 0 aromatic heterocycles. The maximum absolute atomic E-state index is 5.95. The Morgan fingerprint density at radius 3 is 2.19 bits per heavy atom. The van der Waals surface area contributed by atoms with Gasteiger partial charge in [0.05, 0.1) is 0 Å². The smallest absolute Gasteiger partial charge is 0.0339 e. The first-order valence-corrected chi connectivity index (χ1v) is 6.72. The van der Waals surface area contributed by atoms with E-state index < -0.39 is 0 Å². The Balaban J connectivity index is 2.06. The topological polar surface area (TPSA) is 26.0 Å². The SMILES string of the molecule is Cc1ccc(SC2(CN)CC(C)(C)C2)cc1. The van der Waals surface area contributed by atoms with Gasteiger partial charge < -0.3 is 5.73 Å². The molecule has 0 radical (unpaired) electrons. The summed E-state index contributed by atoms with van der Waals surface area (Å²) < 4.78 is 0.290. The van der Waals surface area contributed by atoms with Gasteiger partial charge in [0.25, 0.3) is 0 Å². The number of hydrogen-bond donors (Lipinski definition) is 1. The van der Waals surface area contributed by atoms with E-state index in [0.717, 1.165) is 6.54 Å². The Bertz CT molecular complexity index is 359. The number of aryl methyl sites for hydroxylation is 1. The van der Waals surface area contributed by atoms with Crippen LogP contribution >= 0.6 is 11.8 Å². The van der Waals surface area contributed by atoms with Gasteiger partial charge in [0.15, 0.2) is 0 Å². The highest BCUT2D eigenvalue weighted by Crippen LogP contribution is 2.56. The molecule has 1 aromatic rings. The zero-order valence-corrected chi connectivity index (χ0v) is 11.2. The maximum atomic E-state index is 5.95. The summed E-state index contributed by atoms with van der Waals surface area (Å²) in [5.74, 6) is 0. The molecule has 1 aromatic carbocycles. The quantitative estimate of drug-likeness (QED) is 0.866. The number of benzene rings is 1. The minimum Gasteiger partial charge on any atom is -0.329 e. The molecule has 0 aliphatic heterocycles. The summed E-state index contributed by atoms with van der Waals surface area (Å²) in [6.45, 7) is 7.57. The van der Waals surface area contributed by atoms with Crippen LogP contribution in [-0.2, 0) is 0 Å². The van der Waals surface area contributed by atoms with Crippen LogP contribution < -0.4 is 5.73 Å². The standard InChI is InChI=1S/C14H21NS/c1-11-4-6-12(7-5-11)16-14(10-15)8-13(2,3)9-14/h4-7H,8-10,15H2,1-3H3. The molecule has 88 valence electrons. The first-order valence-electron chi connectivity index (χ1n) is 5.91. The molecule has 1 aliphatic carbocycles. The van der Waals surface area contributed by atoms with E-state index in [1.54, 1.807) is 0 Å². The van der Waals surface area contributed by atoms with Gasteiger partial charge in [-0.3, -0.25) is 0 Å². The molecule has 16 heavy (non-hydrogen) atoms. The van der Waals surface area contributed by atoms with E-state index in [4.69, 9.17) is 5.73 Å². The van der Waals surface area contributed by atoms with Crippen LogP contribution in [0.1, 0.15) is 32.3 Å². The van der Waals surface area contributed by atoms with Crippen molar-refractivity contribution in [3.63, 3.8) is 0 Å². The van der Waals surface area contributed by atoms with Crippen LogP contribution in [0.5, 0.6) is 0 Å². The molecule has 0 saturated heterocycles. The van der Waals surface area contributed by atoms with E-state index in [0.29, 0.717) is 10.2 Å². The number of hydrogen-bond acceptors (Lipinski definition) is 2. The largest absolute Gasteiger partial charge is 0.329 e. The maximum Gasteiger partial charge on any atom is 0.0339 e. The van der Waals surface area contributed by atoms with Crippen LogP contribution in [-0.4, -0.2) is 11.3 Å². The molecule has 0 heterocycles. The summed E-state index contributed by atoms with van der Waals surface area (Å²) in [4.78, 5) is 1.35. The van der Waals surface area contributed by atoms with Gasteiger partial charge in [-0.15, -0.1) is 11.8 Å². The lowest BCUT2D eigenvalue weighted by molar-refractivity contribution is 0.132. The van der Waals surface area contributed by atoms with E-state index >= 15 is 0 Å². The Labute approximate surface area is 103 Å². The van der Waals surface area contributed by atoms with E-state index in [1.807, 2.05) is 11.8 Å². The van der Waals surface area contributed by atoms with Gasteiger partial charge >= 0.3 is 0 Å². The molecular weight excluding hydrogens is 214 g/mol. The molecule has 1 nitrogen and oxygen atoms in total. The molecule has 1 aliphatic rings. The summed E-state index contributed by atoms with van der Waals surface area (Å²) in [5.41, 5.74) is 7.75. The molecule has 0 atom stereocenters. The fraction of sp³-hybridized carbons (Fsp3) is 0.571. The van der Waals surface area contributed by atoms with Crippen LogP contribution in [0.4, 0.5) is 0 Å². The minimum absolute atomic E-state index is 0.290. The monoisotopic (exact) mass is 235 g/mol.